The molecule has 0 bridgehead atoms. The summed E-state index contributed by atoms with van der Waals surface area (Å²) >= 11 is 0. The molecule has 21 heavy (non-hydrogen) atoms. The highest BCUT2D eigenvalue weighted by atomic mass is 19.1. The van der Waals surface area contributed by atoms with Crippen LogP contribution in [0.3, 0.4) is 0 Å². The number of hydrogen-bond acceptors (Lipinski definition) is 7. The second-order valence-electron chi connectivity index (χ2n) is 5.08. The second-order valence-corrected chi connectivity index (χ2v) is 5.08. The lowest BCUT2D eigenvalue weighted by atomic mass is 9.99. The monoisotopic (exact) mass is 299 g/mol. The van der Waals surface area contributed by atoms with Crippen molar-refractivity contribution >= 4 is 17.1 Å². The summed E-state index contributed by atoms with van der Waals surface area (Å²) in [6, 6.07) is 0. The average molecular weight is 299 g/mol. The van der Waals surface area contributed by atoms with Crippen LogP contribution in [-0.4, -0.2) is 54.2 Å². The number of nitrogens with two attached hydrogens (primary N) is 1. The van der Waals surface area contributed by atoms with Gasteiger partial charge in [-0.15, -0.1) is 0 Å². The minimum atomic E-state index is -2.19. The number of aromatic amines is 1. The Balaban J connectivity index is 2.15. The number of nitrogens with one attached hydrogen (secondary N) is 1. The third kappa shape index (κ3) is 1.91. The molecule has 5 N–H and O–H groups in total. The normalized spacial score (nSPS) is 32.9. The first-order valence-electron chi connectivity index (χ1n) is 6.22. The Kier molecular flexibility index (Phi) is 2.97. The van der Waals surface area contributed by atoms with E-state index in [1.165, 1.54) is 10.9 Å². The fraction of sp³-hybridized carbons (Fsp3) is 0.545. The van der Waals surface area contributed by atoms with Crippen LogP contribution in [0.15, 0.2) is 11.1 Å². The number of halogens is 1. The number of ether oxygens (including phenoxy) is 1. The summed E-state index contributed by atoms with van der Waals surface area (Å²) in [4.78, 5) is 21.7. The Labute approximate surface area is 117 Å². The molecule has 10 heteroatoms. The van der Waals surface area contributed by atoms with E-state index in [0.717, 1.165) is 6.92 Å². The molecule has 1 fully saturated rings. The summed E-state index contributed by atoms with van der Waals surface area (Å²) < 4.78 is 21.2. The van der Waals surface area contributed by atoms with Gasteiger partial charge in [0.2, 0.25) is 5.95 Å². The van der Waals surface area contributed by atoms with Gasteiger partial charge in [-0.1, -0.05) is 0 Å². The van der Waals surface area contributed by atoms with Gasteiger partial charge in [-0.05, 0) is 6.92 Å². The van der Waals surface area contributed by atoms with Gasteiger partial charge in [0.1, 0.15) is 12.2 Å². The van der Waals surface area contributed by atoms with Crippen LogP contribution in [0, 0.1) is 0 Å². The molecule has 0 aromatic carbocycles. The van der Waals surface area contributed by atoms with E-state index in [1.807, 2.05) is 0 Å². The lowest BCUT2D eigenvalue weighted by Crippen LogP contribution is -2.40. The van der Waals surface area contributed by atoms with Crippen LogP contribution < -0.4 is 11.3 Å². The Hall–Kier alpha value is -2.04. The molecule has 9 nitrogen and oxygen atoms in total. The van der Waals surface area contributed by atoms with Crippen molar-refractivity contribution in [1.29, 1.82) is 0 Å². The van der Waals surface area contributed by atoms with Crippen LogP contribution in [-0.2, 0) is 4.74 Å². The van der Waals surface area contributed by atoms with E-state index in [1.54, 1.807) is 0 Å². The number of hydrogen-bond donors (Lipinski definition) is 4. The minimum absolute atomic E-state index is 0.0226. The van der Waals surface area contributed by atoms with Crippen molar-refractivity contribution in [2.75, 3.05) is 12.3 Å². The van der Waals surface area contributed by atoms with E-state index >= 15 is 0 Å². The van der Waals surface area contributed by atoms with Crippen molar-refractivity contribution in [1.82, 2.24) is 19.5 Å². The molecule has 1 aliphatic heterocycles. The first-order chi connectivity index (χ1) is 9.86. The fourth-order valence-corrected chi connectivity index (χ4v) is 2.48. The van der Waals surface area contributed by atoms with Gasteiger partial charge in [-0.25, -0.2) is 9.37 Å². The molecule has 1 aliphatic rings. The quantitative estimate of drug-likeness (QED) is 0.539. The summed E-state index contributed by atoms with van der Waals surface area (Å²) in [6.07, 6.45) is -2.71. The summed E-state index contributed by atoms with van der Waals surface area (Å²) in [5.41, 5.74) is 2.73. The lowest BCUT2D eigenvalue weighted by molar-refractivity contribution is -0.0566. The number of H-pyrrole nitrogens is 1. The SMILES string of the molecule is CC1(F)[C@@H](O)[C@@H](CO)O[C@H]1n1cnc2c(=O)[nH]c(N)nc21. The molecule has 1 saturated heterocycles. The predicted octanol–water partition coefficient (Wildman–Crippen LogP) is -1.32. The third-order valence-electron chi connectivity index (χ3n) is 3.60. The predicted molar refractivity (Wildman–Crippen MR) is 69.1 cm³/mol. The summed E-state index contributed by atoms with van der Waals surface area (Å²) in [5.74, 6) is -0.146. The standard InChI is InChI=1S/C11H14FN5O4/c1-11(12)6(19)4(2-18)21-9(11)17-3-14-5-7(17)15-10(13)16-8(5)20/h3-4,6,9,18-19H,2H2,1H3,(H3,13,15,16,20)/t4-,6+,9-,11?/m1/s1. The first kappa shape index (κ1) is 13.9. The molecule has 0 amide bonds. The molecule has 1 unspecified atom stereocenters. The number of fused-ring (bicyclic) bond motifs is 1. The van der Waals surface area contributed by atoms with Crippen molar-refractivity contribution in [3.8, 4) is 0 Å². The number of aliphatic hydroxyl groups excluding tert-OH is 2. The largest absolute Gasteiger partial charge is 0.394 e. The van der Waals surface area contributed by atoms with E-state index in [2.05, 4.69) is 15.0 Å². The summed E-state index contributed by atoms with van der Waals surface area (Å²) in [6.45, 7) is 0.598. The van der Waals surface area contributed by atoms with Crippen LogP contribution in [0.4, 0.5) is 10.3 Å². The van der Waals surface area contributed by atoms with Crippen LogP contribution in [0.25, 0.3) is 11.2 Å². The first-order valence-corrected chi connectivity index (χ1v) is 6.22. The molecule has 3 heterocycles. The number of nitrogen functional groups attached to an aromatic ring is 1. The fourth-order valence-electron chi connectivity index (χ4n) is 2.48. The molecule has 0 saturated carbocycles. The van der Waals surface area contributed by atoms with Crippen molar-refractivity contribution in [2.24, 2.45) is 0 Å². The van der Waals surface area contributed by atoms with E-state index in [9.17, 15) is 14.3 Å². The highest BCUT2D eigenvalue weighted by Crippen LogP contribution is 2.41. The van der Waals surface area contributed by atoms with Crippen LogP contribution in [0.1, 0.15) is 13.2 Å². The molecule has 2 aromatic heterocycles. The van der Waals surface area contributed by atoms with Crippen molar-refractivity contribution in [3.63, 3.8) is 0 Å². The van der Waals surface area contributed by atoms with Crippen LogP contribution in [0.2, 0.25) is 0 Å². The van der Waals surface area contributed by atoms with Crippen LogP contribution >= 0.6 is 0 Å². The smallest absolute Gasteiger partial charge is 0.280 e. The van der Waals surface area contributed by atoms with Gasteiger partial charge in [-0.2, -0.15) is 4.98 Å². The zero-order valence-corrected chi connectivity index (χ0v) is 11.0. The number of aromatic nitrogens is 4. The maximum atomic E-state index is 14.7. The number of anilines is 1. The van der Waals surface area contributed by atoms with Crippen molar-refractivity contribution in [3.05, 3.63) is 16.7 Å². The van der Waals surface area contributed by atoms with Gasteiger partial charge < -0.3 is 20.7 Å². The zero-order chi connectivity index (χ0) is 15.4. The maximum absolute atomic E-state index is 14.7. The van der Waals surface area contributed by atoms with Gasteiger partial charge in [0.15, 0.2) is 23.1 Å². The molecular formula is C11H14FN5O4. The van der Waals surface area contributed by atoms with Crippen LogP contribution in [0.5, 0.6) is 0 Å². The lowest BCUT2D eigenvalue weighted by Gasteiger charge is -2.24. The molecular weight excluding hydrogens is 285 g/mol. The van der Waals surface area contributed by atoms with E-state index in [-0.39, 0.29) is 17.1 Å². The highest BCUT2D eigenvalue weighted by molar-refractivity contribution is 5.70. The Morgan fingerprint density at radius 3 is 3.00 bits per heavy atom. The van der Waals surface area contributed by atoms with Gasteiger partial charge in [-0.3, -0.25) is 14.3 Å². The number of aliphatic hydroxyl groups is 2. The molecule has 3 rings (SSSR count). The minimum Gasteiger partial charge on any atom is -0.394 e. The second kappa shape index (κ2) is 4.48. The molecule has 0 spiro atoms. The van der Waals surface area contributed by atoms with E-state index in [4.69, 9.17) is 15.6 Å². The Morgan fingerprint density at radius 2 is 2.38 bits per heavy atom. The third-order valence-corrected chi connectivity index (χ3v) is 3.60. The molecule has 0 aliphatic carbocycles. The molecule has 2 aromatic rings. The van der Waals surface area contributed by atoms with Gasteiger partial charge in [0.05, 0.1) is 12.9 Å². The number of imidazole rings is 1. The van der Waals surface area contributed by atoms with Crippen molar-refractivity contribution < 1.29 is 19.3 Å². The topological polar surface area (TPSA) is 139 Å². The van der Waals surface area contributed by atoms with Crippen molar-refractivity contribution in [2.45, 2.75) is 31.0 Å². The highest BCUT2D eigenvalue weighted by Gasteiger charge is 2.55. The summed E-state index contributed by atoms with van der Waals surface area (Å²) in [7, 11) is 0. The molecule has 0 radical (unpaired) electrons. The van der Waals surface area contributed by atoms with E-state index < -0.39 is 36.3 Å². The molecule has 4 atom stereocenters. The zero-order valence-electron chi connectivity index (χ0n) is 11.0. The van der Waals surface area contributed by atoms with Gasteiger partial charge >= 0.3 is 0 Å². The van der Waals surface area contributed by atoms with E-state index in [0.29, 0.717) is 0 Å². The summed E-state index contributed by atoms with van der Waals surface area (Å²) in [5, 5.41) is 19.0. The van der Waals surface area contributed by atoms with Gasteiger partial charge in [0.25, 0.3) is 5.56 Å². The number of alkyl halides is 1. The molecule has 114 valence electrons. The average Bonchev–Trinajstić information content (AvgIpc) is 2.91. The number of rotatable bonds is 2. The number of nitrogens with zero attached hydrogens (tertiary/aromatic N) is 3. The maximum Gasteiger partial charge on any atom is 0.280 e. The van der Waals surface area contributed by atoms with Gasteiger partial charge in [0, 0.05) is 0 Å². The Morgan fingerprint density at radius 1 is 1.67 bits per heavy atom. The Bertz CT molecular complexity index is 742.